The Morgan fingerprint density at radius 1 is 1.35 bits per heavy atom. The average molecular weight is 280 g/mol. The molecule has 7 nitrogen and oxygen atoms in total. The van der Waals surface area contributed by atoms with Crippen LogP contribution in [0.25, 0.3) is 0 Å². The van der Waals surface area contributed by atoms with Gasteiger partial charge in [0.05, 0.1) is 13.5 Å². The second kappa shape index (κ2) is 7.13. The Bertz CT molecular complexity index is 515. The lowest BCUT2D eigenvalue weighted by Crippen LogP contribution is -2.42. The molecule has 0 radical (unpaired) electrons. The molecule has 0 aliphatic rings. The Morgan fingerprint density at radius 3 is 2.65 bits per heavy atom. The molecule has 0 aromatic heterocycles. The Balaban J connectivity index is 2.54. The van der Waals surface area contributed by atoms with Crippen molar-refractivity contribution in [3.05, 3.63) is 29.8 Å². The van der Waals surface area contributed by atoms with Crippen LogP contribution in [0.15, 0.2) is 24.3 Å². The number of methoxy groups -OCH3 is 1. The van der Waals surface area contributed by atoms with Crippen molar-refractivity contribution in [1.82, 2.24) is 5.32 Å². The zero-order valence-electron chi connectivity index (χ0n) is 11.2. The molecule has 108 valence electrons. The smallest absolute Gasteiger partial charge is 0.318 e. The standard InChI is InChI=1S/C13H16N2O5/c1-8(12(17)15-13(14)18)20-11(16)7-9-4-3-5-10(6-9)19-2/h3-6,8H,7H2,1-2H3,(H3,14,15,17,18)/t8-/m0/s1. The lowest BCUT2D eigenvalue weighted by Gasteiger charge is -2.12. The molecule has 20 heavy (non-hydrogen) atoms. The van der Waals surface area contributed by atoms with Crippen LogP contribution in [0.5, 0.6) is 5.75 Å². The zero-order valence-corrected chi connectivity index (χ0v) is 11.2. The number of imide groups is 1. The summed E-state index contributed by atoms with van der Waals surface area (Å²) in [4.78, 5) is 33.5. The van der Waals surface area contributed by atoms with E-state index in [1.54, 1.807) is 24.3 Å². The van der Waals surface area contributed by atoms with Gasteiger partial charge < -0.3 is 15.2 Å². The Morgan fingerprint density at radius 2 is 2.05 bits per heavy atom. The minimum absolute atomic E-state index is 0.00854. The minimum atomic E-state index is -1.10. The van der Waals surface area contributed by atoms with Gasteiger partial charge in [-0.25, -0.2) is 4.79 Å². The molecule has 7 heteroatoms. The van der Waals surface area contributed by atoms with E-state index in [-0.39, 0.29) is 6.42 Å². The van der Waals surface area contributed by atoms with E-state index in [1.165, 1.54) is 14.0 Å². The Labute approximate surface area is 116 Å². The number of urea groups is 1. The number of carbonyl (C=O) groups is 3. The summed E-state index contributed by atoms with van der Waals surface area (Å²) < 4.78 is 9.92. The Kier molecular flexibility index (Phi) is 5.52. The van der Waals surface area contributed by atoms with Crippen molar-refractivity contribution < 1.29 is 23.9 Å². The van der Waals surface area contributed by atoms with Crippen LogP contribution in [-0.2, 0) is 20.7 Å². The van der Waals surface area contributed by atoms with Gasteiger partial charge in [0.15, 0.2) is 6.10 Å². The van der Waals surface area contributed by atoms with Crippen LogP contribution in [0.1, 0.15) is 12.5 Å². The summed E-state index contributed by atoms with van der Waals surface area (Å²) in [6.07, 6.45) is -1.11. The molecule has 1 aromatic rings. The first kappa shape index (κ1) is 15.5. The summed E-state index contributed by atoms with van der Waals surface area (Å²) in [5, 5.41) is 1.83. The molecule has 0 fully saturated rings. The van der Waals surface area contributed by atoms with Gasteiger partial charge in [0, 0.05) is 0 Å². The second-order valence-corrected chi connectivity index (χ2v) is 4.01. The highest BCUT2D eigenvalue weighted by Crippen LogP contribution is 2.13. The van der Waals surface area contributed by atoms with E-state index in [1.807, 2.05) is 5.32 Å². The van der Waals surface area contributed by atoms with Crippen LogP contribution in [0.2, 0.25) is 0 Å². The first-order chi connectivity index (χ1) is 9.42. The molecule has 3 amide bonds. The largest absolute Gasteiger partial charge is 0.497 e. The third-order valence-electron chi connectivity index (χ3n) is 2.41. The first-order valence-electron chi connectivity index (χ1n) is 5.85. The van der Waals surface area contributed by atoms with Gasteiger partial charge in [-0.05, 0) is 24.6 Å². The molecule has 0 spiro atoms. The monoisotopic (exact) mass is 280 g/mol. The lowest BCUT2D eigenvalue weighted by molar-refractivity contribution is -0.153. The summed E-state index contributed by atoms with van der Waals surface area (Å²) in [7, 11) is 1.52. The molecule has 3 N–H and O–H groups in total. The quantitative estimate of drug-likeness (QED) is 0.757. The van der Waals surface area contributed by atoms with E-state index in [0.717, 1.165) is 0 Å². The van der Waals surface area contributed by atoms with Crippen molar-refractivity contribution in [2.45, 2.75) is 19.4 Å². The number of esters is 1. The Hall–Kier alpha value is -2.57. The average Bonchev–Trinajstić information content (AvgIpc) is 2.37. The number of hydrogen-bond donors (Lipinski definition) is 2. The molecule has 0 heterocycles. The summed E-state index contributed by atoms with van der Waals surface area (Å²) in [6.45, 7) is 1.35. The van der Waals surface area contributed by atoms with Crippen LogP contribution < -0.4 is 15.8 Å². The fourth-order valence-electron chi connectivity index (χ4n) is 1.46. The number of rotatable bonds is 5. The van der Waals surface area contributed by atoms with Crippen LogP contribution >= 0.6 is 0 Å². The number of nitrogens with two attached hydrogens (primary N) is 1. The van der Waals surface area contributed by atoms with Gasteiger partial charge in [-0.15, -0.1) is 0 Å². The second-order valence-electron chi connectivity index (χ2n) is 4.01. The molecule has 1 atom stereocenters. The van der Waals surface area contributed by atoms with Crippen molar-refractivity contribution in [1.29, 1.82) is 0 Å². The SMILES string of the molecule is COc1cccc(CC(=O)O[C@@H](C)C(=O)NC(N)=O)c1. The summed E-state index contributed by atoms with van der Waals surface area (Å²) in [6, 6.07) is 5.92. The molecule has 0 saturated heterocycles. The maximum atomic E-state index is 11.7. The molecule has 0 bridgehead atoms. The number of primary amides is 1. The van der Waals surface area contributed by atoms with E-state index in [0.29, 0.717) is 11.3 Å². The van der Waals surface area contributed by atoms with E-state index >= 15 is 0 Å². The number of nitrogens with one attached hydrogen (secondary N) is 1. The number of ether oxygens (including phenoxy) is 2. The lowest BCUT2D eigenvalue weighted by atomic mass is 10.1. The fraction of sp³-hybridized carbons (Fsp3) is 0.308. The minimum Gasteiger partial charge on any atom is -0.497 e. The van der Waals surface area contributed by atoms with Gasteiger partial charge in [0.1, 0.15) is 5.75 Å². The third kappa shape index (κ3) is 4.97. The molecular formula is C13H16N2O5. The van der Waals surface area contributed by atoms with E-state index in [2.05, 4.69) is 0 Å². The van der Waals surface area contributed by atoms with Gasteiger partial charge >= 0.3 is 12.0 Å². The van der Waals surface area contributed by atoms with E-state index < -0.39 is 24.0 Å². The number of benzene rings is 1. The van der Waals surface area contributed by atoms with Crippen LogP contribution in [0.4, 0.5) is 4.79 Å². The van der Waals surface area contributed by atoms with Crippen molar-refractivity contribution >= 4 is 17.9 Å². The highest BCUT2D eigenvalue weighted by atomic mass is 16.5. The normalized spacial score (nSPS) is 11.3. The van der Waals surface area contributed by atoms with Gasteiger partial charge in [-0.3, -0.25) is 14.9 Å². The summed E-state index contributed by atoms with van der Waals surface area (Å²) in [5.74, 6) is -0.739. The molecular weight excluding hydrogens is 264 g/mol. The molecule has 1 rings (SSSR count). The van der Waals surface area contributed by atoms with Gasteiger partial charge in [0.2, 0.25) is 0 Å². The predicted molar refractivity (Wildman–Crippen MR) is 70.0 cm³/mol. The number of carbonyl (C=O) groups excluding carboxylic acids is 3. The maximum Gasteiger partial charge on any atom is 0.318 e. The highest BCUT2D eigenvalue weighted by Gasteiger charge is 2.19. The topological polar surface area (TPSA) is 108 Å². The van der Waals surface area contributed by atoms with Crippen LogP contribution in [0, 0.1) is 0 Å². The maximum absolute atomic E-state index is 11.7. The predicted octanol–water partition coefficient (Wildman–Crippen LogP) is 0.364. The third-order valence-corrected chi connectivity index (χ3v) is 2.41. The van der Waals surface area contributed by atoms with Crippen molar-refractivity contribution in [2.75, 3.05) is 7.11 Å². The van der Waals surface area contributed by atoms with Crippen molar-refractivity contribution in [2.24, 2.45) is 5.73 Å². The number of hydrogen-bond acceptors (Lipinski definition) is 5. The van der Waals surface area contributed by atoms with Crippen molar-refractivity contribution in [3.8, 4) is 5.75 Å². The molecule has 0 aliphatic carbocycles. The van der Waals surface area contributed by atoms with E-state index in [4.69, 9.17) is 15.2 Å². The summed E-state index contributed by atoms with van der Waals surface area (Å²) in [5.41, 5.74) is 5.48. The highest BCUT2D eigenvalue weighted by molar-refractivity contribution is 5.96. The van der Waals surface area contributed by atoms with E-state index in [9.17, 15) is 14.4 Å². The van der Waals surface area contributed by atoms with Crippen LogP contribution in [-0.4, -0.2) is 31.1 Å². The summed E-state index contributed by atoms with van der Waals surface area (Å²) >= 11 is 0. The first-order valence-corrected chi connectivity index (χ1v) is 5.85. The van der Waals surface area contributed by atoms with Crippen molar-refractivity contribution in [3.63, 3.8) is 0 Å². The zero-order chi connectivity index (χ0) is 15.1. The molecule has 0 aliphatic heterocycles. The van der Waals surface area contributed by atoms with Gasteiger partial charge in [0.25, 0.3) is 5.91 Å². The van der Waals surface area contributed by atoms with Gasteiger partial charge in [-0.1, -0.05) is 12.1 Å². The number of amides is 3. The van der Waals surface area contributed by atoms with Crippen LogP contribution in [0.3, 0.4) is 0 Å². The molecule has 0 saturated carbocycles. The molecule has 0 unspecified atom stereocenters. The van der Waals surface area contributed by atoms with Gasteiger partial charge in [-0.2, -0.15) is 0 Å². The fourth-order valence-corrected chi connectivity index (χ4v) is 1.46. The molecule has 1 aromatic carbocycles.